The Kier molecular flexibility index (Phi) is 5.34. The zero-order valence-corrected chi connectivity index (χ0v) is 11.1. The van der Waals surface area contributed by atoms with E-state index >= 15 is 0 Å². The highest BCUT2D eigenvalue weighted by molar-refractivity contribution is 5.65. The van der Waals surface area contributed by atoms with Crippen LogP contribution < -0.4 is 0 Å². The number of aliphatic hydroxyl groups excluding tert-OH is 1. The molecule has 0 aromatic heterocycles. The van der Waals surface area contributed by atoms with Crippen LogP contribution in [0.3, 0.4) is 0 Å². The van der Waals surface area contributed by atoms with E-state index in [1.165, 1.54) is 4.90 Å². The highest BCUT2D eigenvalue weighted by atomic mass is 16.5. The van der Waals surface area contributed by atoms with Crippen LogP contribution in [0.25, 0.3) is 0 Å². The summed E-state index contributed by atoms with van der Waals surface area (Å²) < 4.78 is 11.1. The molecule has 1 heterocycles. The second-order valence-electron chi connectivity index (χ2n) is 4.75. The zero-order chi connectivity index (χ0) is 14.4. The lowest BCUT2D eigenvalue weighted by molar-refractivity contribution is -0.121. The summed E-state index contributed by atoms with van der Waals surface area (Å²) >= 11 is 0. The molecule has 20 heavy (non-hydrogen) atoms. The number of ether oxygens (including phenoxy) is 2. The molecule has 0 saturated carbocycles. The first-order chi connectivity index (χ1) is 9.69. The third kappa shape index (κ3) is 4.19. The van der Waals surface area contributed by atoms with Gasteiger partial charge in [0.15, 0.2) is 0 Å². The van der Waals surface area contributed by atoms with Crippen LogP contribution in [-0.2, 0) is 16.1 Å². The first kappa shape index (κ1) is 14.8. The molecule has 1 saturated heterocycles. The molecular formula is C14H19NO5. The van der Waals surface area contributed by atoms with Gasteiger partial charge in [-0.3, -0.25) is 0 Å². The van der Waals surface area contributed by atoms with Crippen molar-refractivity contribution in [3.05, 3.63) is 35.9 Å². The number of carboxylic acid groups (broad SMARTS) is 1. The van der Waals surface area contributed by atoms with E-state index in [1.807, 2.05) is 30.3 Å². The van der Waals surface area contributed by atoms with Gasteiger partial charge in [0.05, 0.1) is 45.1 Å². The zero-order valence-electron chi connectivity index (χ0n) is 11.1. The fourth-order valence-corrected chi connectivity index (χ4v) is 2.16. The van der Waals surface area contributed by atoms with Gasteiger partial charge in [-0.1, -0.05) is 30.3 Å². The predicted molar refractivity (Wildman–Crippen MR) is 71.4 cm³/mol. The molecule has 1 aromatic rings. The second-order valence-corrected chi connectivity index (χ2v) is 4.75. The number of hydrogen-bond donors (Lipinski definition) is 2. The summed E-state index contributed by atoms with van der Waals surface area (Å²) in [6.07, 6.45) is -1.83. The molecule has 1 aliphatic heterocycles. The summed E-state index contributed by atoms with van der Waals surface area (Å²) in [4.78, 5) is 12.3. The molecule has 0 radical (unpaired) electrons. The third-order valence-corrected chi connectivity index (χ3v) is 3.12. The van der Waals surface area contributed by atoms with E-state index in [9.17, 15) is 4.79 Å². The van der Waals surface area contributed by atoms with Crippen molar-refractivity contribution in [2.24, 2.45) is 0 Å². The van der Waals surface area contributed by atoms with Gasteiger partial charge in [-0.05, 0) is 5.56 Å². The smallest absolute Gasteiger partial charge is 0.407 e. The van der Waals surface area contributed by atoms with E-state index in [2.05, 4.69) is 0 Å². The molecule has 0 spiro atoms. The summed E-state index contributed by atoms with van der Waals surface area (Å²) in [5.74, 6) is 0. The van der Waals surface area contributed by atoms with Gasteiger partial charge in [0.1, 0.15) is 0 Å². The van der Waals surface area contributed by atoms with E-state index in [1.54, 1.807) is 0 Å². The number of amides is 1. The minimum atomic E-state index is -1.00. The van der Waals surface area contributed by atoms with Gasteiger partial charge >= 0.3 is 6.09 Å². The maximum absolute atomic E-state index is 11.0. The minimum absolute atomic E-state index is 0.195. The molecule has 2 rings (SSSR count). The Morgan fingerprint density at radius 3 is 2.65 bits per heavy atom. The van der Waals surface area contributed by atoms with Crippen molar-refractivity contribution >= 4 is 6.09 Å². The standard InChI is InChI=1S/C14H19NO5/c16-8-12-6-15(14(17)18)7-13(20-12)10-19-9-11-4-2-1-3-5-11/h1-5,12-13,16H,6-10H2,(H,17,18). The summed E-state index contributed by atoms with van der Waals surface area (Å²) in [7, 11) is 0. The Hall–Kier alpha value is -1.63. The maximum Gasteiger partial charge on any atom is 0.407 e. The molecule has 1 fully saturated rings. The fraction of sp³-hybridized carbons (Fsp3) is 0.500. The van der Waals surface area contributed by atoms with E-state index in [4.69, 9.17) is 19.7 Å². The van der Waals surface area contributed by atoms with Gasteiger partial charge < -0.3 is 24.6 Å². The topological polar surface area (TPSA) is 79.2 Å². The lowest BCUT2D eigenvalue weighted by atomic mass is 10.2. The molecule has 6 nitrogen and oxygen atoms in total. The van der Waals surface area contributed by atoms with E-state index in [0.29, 0.717) is 13.2 Å². The van der Waals surface area contributed by atoms with Crippen LogP contribution in [0.4, 0.5) is 4.79 Å². The van der Waals surface area contributed by atoms with Crippen LogP contribution in [0.5, 0.6) is 0 Å². The van der Waals surface area contributed by atoms with Crippen molar-refractivity contribution in [1.82, 2.24) is 4.90 Å². The Labute approximate surface area is 117 Å². The van der Waals surface area contributed by atoms with Crippen LogP contribution in [0, 0.1) is 0 Å². The third-order valence-electron chi connectivity index (χ3n) is 3.12. The van der Waals surface area contributed by atoms with Crippen LogP contribution >= 0.6 is 0 Å². The van der Waals surface area contributed by atoms with Crippen molar-refractivity contribution in [1.29, 1.82) is 0 Å². The number of hydrogen-bond acceptors (Lipinski definition) is 4. The van der Waals surface area contributed by atoms with Crippen LogP contribution in [0.2, 0.25) is 0 Å². The quantitative estimate of drug-likeness (QED) is 0.840. The van der Waals surface area contributed by atoms with Gasteiger partial charge in [-0.15, -0.1) is 0 Å². The van der Waals surface area contributed by atoms with Crippen molar-refractivity contribution in [2.75, 3.05) is 26.3 Å². The maximum atomic E-state index is 11.0. The number of aliphatic hydroxyl groups is 1. The lowest BCUT2D eigenvalue weighted by Crippen LogP contribution is -2.52. The van der Waals surface area contributed by atoms with E-state index in [0.717, 1.165) is 5.56 Å². The molecule has 1 amide bonds. The summed E-state index contributed by atoms with van der Waals surface area (Å²) in [6.45, 7) is 1.02. The van der Waals surface area contributed by atoms with Gasteiger partial charge in [0, 0.05) is 0 Å². The van der Waals surface area contributed by atoms with Gasteiger partial charge in [0.2, 0.25) is 0 Å². The van der Waals surface area contributed by atoms with Gasteiger partial charge in [0.25, 0.3) is 0 Å². The molecule has 2 atom stereocenters. The van der Waals surface area contributed by atoms with E-state index in [-0.39, 0.29) is 25.8 Å². The fourth-order valence-electron chi connectivity index (χ4n) is 2.16. The lowest BCUT2D eigenvalue weighted by Gasteiger charge is -2.35. The molecule has 0 aliphatic carbocycles. The summed E-state index contributed by atoms with van der Waals surface area (Å²) in [5.41, 5.74) is 1.05. The second kappa shape index (κ2) is 7.23. The number of carbonyl (C=O) groups is 1. The number of benzene rings is 1. The van der Waals surface area contributed by atoms with Crippen LogP contribution in [0.1, 0.15) is 5.56 Å². The Bertz CT molecular complexity index is 425. The molecule has 2 N–H and O–H groups in total. The van der Waals surface area contributed by atoms with Crippen molar-refractivity contribution in [2.45, 2.75) is 18.8 Å². The van der Waals surface area contributed by atoms with Crippen molar-refractivity contribution in [3.63, 3.8) is 0 Å². The number of morpholine rings is 1. The van der Waals surface area contributed by atoms with Crippen molar-refractivity contribution < 1.29 is 24.5 Å². The Morgan fingerprint density at radius 2 is 2.00 bits per heavy atom. The van der Waals surface area contributed by atoms with Crippen LogP contribution in [0.15, 0.2) is 30.3 Å². The highest BCUT2D eigenvalue weighted by Gasteiger charge is 2.30. The molecule has 2 unspecified atom stereocenters. The highest BCUT2D eigenvalue weighted by Crippen LogP contribution is 2.12. The van der Waals surface area contributed by atoms with Crippen molar-refractivity contribution in [3.8, 4) is 0 Å². The average Bonchev–Trinajstić information content (AvgIpc) is 2.48. The summed E-state index contributed by atoms with van der Waals surface area (Å²) in [6, 6.07) is 9.72. The molecule has 6 heteroatoms. The molecule has 1 aromatic carbocycles. The Balaban J connectivity index is 1.80. The monoisotopic (exact) mass is 281 g/mol. The largest absolute Gasteiger partial charge is 0.465 e. The number of nitrogens with zero attached hydrogens (tertiary/aromatic N) is 1. The summed E-state index contributed by atoms with van der Waals surface area (Å²) in [5, 5.41) is 18.1. The Morgan fingerprint density at radius 1 is 1.30 bits per heavy atom. The SMILES string of the molecule is O=C(O)N1CC(CO)OC(COCc2ccccc2)C1. The molecule has 0 bridgehead atoms. The van der Waals surface area contributed by atoms with Gasteiger partial charge in [-0.25, -0.2) is 4.79 Å². The normalized spacial score (nSPS) is 22.8. The predicted octanol–water partition coefficient (Wildman–Crippen LogP) is 0.943. The number of rotatable bonds is 5. The molecule has 110 valence electrons. The van der Waals surface area contributed by atoms with Gasteiger partial charge in [-0.2, -0.15) is 0 Å². The van der Waals surface area contributed by atoms with Crippen LogP contribution in [-0.4, -0.2) is 59.7 Å². The molecular weight excluding hydrogens is 262 g/mol. The first-order valence-electron chi connectivity index (χ1n) is 6.55. The first-order valence-corrected chi connectivity index (χ1v) is 6.55. The minimum Gasteiger partial charge on any atom is -0.465 e. The van der Waals surface area contributed by atoms with E-state index < -0.39 is 12.2 Å². The average molecular weight is 281 g/mol. The molecule has 1 aliphatic rings.